The molecule has 0 saturated carbocycles. The minimum absolute atomic E-state index is 0.102. The predicted octanol–water partition coefficient (Wildman–Crippen LogP) is 1.99. The summed E-state index contributed by atoms with van der Waals surface area (Å²) < 4.78 is 0. The first-order valence-electron chi connectivity index (χ1n) is 6.57. The van der Waals surface area contributed by atoms with Crippen molar-refractivity contribution in [3.05, 3.63) is 28.3 Å². The summed E-state index contributed by atoms with van der Waals surface area (Å²) >= 11 is 0. The van der Waals surface area contributed by atoms with E-state index in [2.05, 4.69) is 5.32 Å². The van der Waals surface area contributed by atoms with Gasteiger partial charge in [-0.1, -0.05) is 13.0 Å². The Bertz CT molecular complexity index is 464. The fourth-order valence-corrected chi connectivity index (χ4v) is 2.34. The molecule has 1 aromatic rings. The summed E-state index contributed by atoms with van der Waals surface area (Å²) in [5, 5.41) is 24.0. The molecule has 1 aliphatic heterocycles. The van der Waals surface area contributed by atoms with Crippen LogP contribution in [0.5, 0.6) is 0 Å². The number of benzene rings is 1. The topological polar surface area (TPSA) is 78.6 Å². The molecule has 1 heterocycles. The highest BCUT2D eigenvalue weighted by Crippen LogP contribution is 2.36. The molecule has 19 heavy (non-hydrogen) atoms. The number of hydrogen-bond donors (Lipinski definition) is 2. The predicted molar refractivity (Wildman–Crippen MR) is 74.7 cm³/mol. The molecule has 104 valence electrons. The Hall–Kier alpha value is -1.82. The average Bonchev–Trinajstić information content (AvgIpc) is 2.82. The number of hydrogen-bond acceptors (Lipinski definition) is 5. The molecule has 1 aliphatic rings. The molecule has 6 nitrogen and oxygen atoms in total. The van der Waals surface area contributed by atoms with Crippen molar-refractivity contribution in [2.75, 3.05) is 29.9 Å². The van der Waals surface area contributed by atoms with Gasteiger partial charge in [-0.3, -0.25) is 10.1 Å². The maximum atomic E-state index is 11.3. The van der Waals surface area contributed by atoms with Crippen molar-refractivity contribution in [3.8, 4) is 0 Å². The third-order valence-corrected chi connectivity index (χ3v) is 3.27. The van der Waals surface area contributed by atoms with Gasteiger partial charge in [0.05, 0.1) is 11.0 Å². The van der Waals surface area contributed by atoms with Crippen LogP contribution in [0.4, 0.5) is 17.1 Å². The highest BCUT2D eigenvalue weighted by molar-refractivity contribution is 5.77. The summed E-state index contributed by atoms with van der Waals surface area (Å²) in [6, 6.07) is 5.28. The van der Waals surface area contributed by atoms with Gasteiger partial charge in [0.25, 0.3) is 0 Å². The highest BCUT2D eigenvalue weighted by atomic mass is 16.6. The van der Waals surface area contributed by atoms with Crippen molar-refractivity contribution in [2.45, 2.75) is 25.9 Å². The Kier molecular flexibility index (Phi) is 4.21. The van der Waals surface area contributed by atoms with Crippen LogP contribution in [-0.2, 0) is 0 Å². The summed E-state index contributed by atoms with van der Waals surface area (Å²) in [5.74, 6) is 0. The number of nitrogens with zero attached hydrogens (tertiary/aromatic N) is 2. The van der Waals surface area contributed by atoms with Crippen LogP contribution in [0.2, 0.25) is 0 Å². The minimum atomic E-state index is -0.396. The highest BCUT2D eigenvalue weighted by Gasteiger charge is 2.28. The van der Waals surface area contributed by atoms with Gasteiger partial charge in [0, 0.05) is 19.6 Å². The van der Waals surface area contributed by atoms with Gasteiger partial charge >= 0.3 is 5.69 Å². The maximum Gasteiger partial charge on any atom is 0.315 e. The monoisotopic (exact) mass is 265 g/mol. The van der Waals surface area contributed by atoms with Crippen molar-refractivity contribution in [1.82, 2.24) is 0 Å². The van der Waals surface area contributed by atoms with Crippen LogP contribution in [0.1, 0.15) is 19.8 Å². The lowest BCUT2D eigenvalue weighted by Crippen LogP contribution is -2.22. The van der Waals surface area contributed by atoms with Crippen molar-refractivity contribution >= 4 is 17.1 Å². The van der Waals surface area contributed by atoms with Gasteiger partial charge in [0.15, 0.2) is 0 Å². The summed E-state index contributed by atoms with van der Waals surface area (Å²) in [6.07, 6.45) is 1.17. The van der Waals surface area contributed by atoms with Crippen molar-refractivity contribution in [3.63, 3.8) is 0 Å². The molecule has 0 radical (unpaired) electrons. The van der Waals surface area contributed by atoms with Crippen LogP contribution in [-0.4, -0.2) is 35.8 Å². The summed E-state index contributed by atoms with van der Waals surface area (Å²) in [6.45, 7) is 3.82. The lowest BCUT2D eigenvalue weighted by molar-refractivity contribution is -0.383. The summed E-state index contributed by atoms with van der Waals surface area (Å²) in [5.41, 5.74) is 1.23. The van der Waals surface area contributed by atoms with Gasteiger partial charge in [-0.15, -0.1) is 0 Å². The van der Waals surface area contributed by atoms with E-state index in [0.29, 0.717) is 37.4 Å². The largest absolute Gasteiger partial charge is 0.391 e. The van der Waals surface area contributed by atoms with Crippen molar-refractivity contribution in [1.29, 1.82) is 0 Å². The zero-order valence-corrected chi connectivity index (χ0v) is 11.0. The first-order valence-corrected chi connectivity index (χ1v) is 6.57. The third kappa shape index (κ3) is 2.96. The number of β-amino-alcohol motifs (C(OH)–C–C–N with tert-alkyl or cyclic N) is 1. The number of nitrogens with one attached hydrogen (secondary N) is 1. The minimum Gasteiger partial charge on any atom is -0.391 e. The van der Waals surface area contributed by atoms with Crippen LogP contribution < -0.4 is 10.2 Å². The van der Waals surface area contributed by atoms with E-state index in [4.69, 9.17) is 0 Å². The molecule has 0 amide bonds. The Morgan fingerprint density at radius 3 is 2.95 bits per heavy atom. The zero-order chi connectivity index (χ0) is 13.8. The third-order valence-electron chi connectivity index (χ3n) is 3.27. The zero-order valence-electron chi connectivity index (χ0n) is 11.0. The van der Waals surface area contributed by atoms with E-state index < -0.39 is 6.10 Å². The summed E-state index contributed by atoms with van der Waals surface area (Å²) in [7, 11) is 0. The molecular weight excluding hydrogens is 246 g/mol. The van der Waals surface area contributed by atoms with Crippen LogP contribution in [0, 0.1) is 10.1 Å². The van der Waals surface area contributed by atoms with Crippen molar-refractivity contribution < 1.29 is 10.0 Å². The maximum absolute atomic E-state index is 11.3. The second kappa shape index (κ2) is 5.88. The average molecular weight is 265 g/mol. The second-order valence-electron chi connectivity index (χ2n) is 4.75. The number of nitro benzene ring substituents is 1. The number of para-hydroxylation sites is 1. The van der Waals surface area contributed by atoms with E-state index in [9.17, 15) is 15.2 Å². The van der Waals surface area contributed by atoms with Gasteiger partial charge in [0.2, 0.25) is 0 Å². The molecule has 2 rings (SSSR count). The Morgan fingerprint density at radius 2 is 2.37 bits per heavy atom. The molecule has 1 fully saturated rings. The van der Waals surface area contributed by atoms with E-state index >= 15 is 0 Å². The Morgan fingerprint density at radius 1 is 1.58 bits per heavy atom. The van der Waals surface area contributed by atoms with Gasteiger partial charge in [0.1, 0.15) is 11.4 Å². The van der Waals surface area contributed by atoms with Crippen LogP contribution in [0.3, 0.4) is 0 Å². The lowest BCUT2D eigenvalue weighted by atomic mass is 10.2. The Labute approximate surface area is 112 Å². The number of nitro groups is 1. The number of rotatable bonds is 5. The molecule has 6 heteroatoms. The molecule has 0 bridgehead atoms. The first-order chi connectivity index (χ1) is 9.13. The molecule has 0 spiro atoms. The van der Waals surface area contributed by atoms with E-state index in [1.54, 1.807) is 12.1 Å². The molecule has 0 aromatic heterocycles. The quantitative estimate of drug-likeness (QED) is 0.628. The number of anilines is 2. The second-order valence-corrected chi connectivity index (χ2v) is 4.75. The molecule has 2 N–H and O–H groups in total. The van der Waals surface area contributed by atoms with Crippen molar-refractivity contribution in [2.24, 2.45) is 0 Å². The fourth-order valence-electron chi connectivity index (χ4n) is 2.34. The van der Waals surface area contributed by atoms with E-state index in [0.717, 1.165) is 6.42 Å². The van der Waals surface area contributed by atoms with E-state index in [-0.39, 0.29) is 10.6 Å². The molecule has 1 atom stereocenters. The number of aliphatic hydroxyl groups is 1. The van der Waals surface area contributed by atoms with Crippen LogP contribution >= 0.6 is 0 Å². The number of aliphatic hydroxyl groups excluding tert-OH is 1. The standard InChI is InChI=1S/C13H19N3O3/c1-2-7-14-11-4-3-5-12(13(11)16(18)19)15-8-6-10(17)9-15/h3-5,10,14,17H,2,6-9H2,1H3. The normalized spacial score (nSPS) is 18.6. The van der Waals surface area contributed by atoms with E-state index in [1.807, 2.05) is 17.9 Å². The van der Waals surface area contributed by atoms with Crippen LogP contribution in [0.25, 0.3) is 0 Å². The molecule has 1 unspecified atom stereocenters. The molecule has 1 saturated heterocycles. The molecular formula is C13H19N3O3. The van der Waals surface area contributed by atoms with Gasteiger partial charge < -0.3 is 15.3 Å². The van der Waals surface area contributed by atoms with Gasteiger partial charge in [-0.25, -0.2) is 0 Å². The van der Waals surface area contributed by atoms with Crippen LogP contribution in [0.15, 0.2) is 18.2 Å². The smallest absolute Gasteiger partial charge is 0.315 e. The van der Waals surface area contributed by atoms with Gasteiger partial charge in [-0.2, -0.15) is 0 Å². The fraction of sp³-hybridized carbons (Fsp3) is 0.538. The molecule has 0 aliphatic carbocycles. The molecule has 1 aromatic carbocycles. The SMILES string of the molecule is CCCNc1cccc(N2CCC(O)C2)c1[N+](=O)[O-]. The van der Waals surface area contributed by atoms with Gasteiger partial charge in [-0.05, 0) is 25.0 Å². The lowest BCUT2D eigenvalue weighted by Gasteiger charge is -2.19. The Balaban J connectivity index is 2.34. The summed E-state index contributed by atoms with van der Waals surface area (Å²) in [4.78, 5) is 12.8. The van der Waals surface area contributed by atoms with E-state index in [1.165, 1.54) is 0 Å². The first kappa shape index (κ1) is 13.6.